The Labute approximate surface area is 91.9 Å². The van der Waals surface area contributed by atoms with Crippen molar-refractivity contribution >= 4 is 26.0 Å². The fourth-order valence-corrected chi connectivity index (χ4v) is 2.16. The first-order valence-electron chi connectivity index (χ1n) is 4.01. The summed E-state index contributed by atoms with van der Waals surface area (Å²) in [6.07, 6.45) is 3.27. The molecule has 0 radical (unpaired) electrons. The van der Waals surface area contributed by atoms with Crippen LogP contribution in [0.3, 0.4) is 0 Å². The third-order valence-corrected chi connectivity index (χ3v) is 4.51. The highest BCUT2D eigenvalue weighted by molar-refractivity contribution is 9.10. The third-order valence-electron chi connectivity index (χ3n) is 1.71. The molecule has 0 aromatic carbocycles. The minimum absolute atomic E-state index is 0.0879. The van der Waals surface area contributed by atoms with E-state index in [4.69, 9.17) is 0 Å². The second-order valence-electron chi connectivity index (χ2n) is 2.84. The van der Waals surface area contributed by atoms with E-state index in [1.165, 1.54) is 0 Å². The maximum atomic E-state index is 11.2. The van der Waals surface area contributed by atoms with Crippen molar-refractivity contribution in [1.82, 2.24) is 9.71 Å². The first-order chi connectivity index (χ1) is 6.55. The van der Waals surface area contributed by atoms with Crippen molar-refractivity contribution in [2.75, 3.05) is 4.66 Å². The van der Waals surface area contributed by atoms with Gasteiger partial charge in [-0.1, -0.05) is 15.9 Å². The highest BCUT2D eigenvalue weighted by Crippen LogP contribution is 2.11. The smallest absolute Gasteiger partial charge is 0.222 e. The molecule has 0 fully saturated rings. The van der Waals surface area contributed by atoms with Gasteiger partial charge in [0, 0.05) is 18.4 Å². The van der Waals surface area contributed by atoms with Gasteiger partial charge in [-0.25, -0.2) is 13.1 Å². The number of sulfonamides is 1. The SMILES string of the molecule is CC(NS(=O)(=O)CBr)c1ccncc1. The zero-order valence-corrected chi connectivity index (χ0v) is 10.0. The number of halogens is 1. The van der Waals surface area contributed by atoms with E-state index >= 15 is 0 Å². The van der Waals surface area contributed by atoms with Crippen LogP contribution in [0.5, 0.6) is 0 Å². The number of nitrogens with zero attached hydrogens (tertiary/aromatic N) is 1. The summed E-state index contributed by atoms with van der Waals surface area (Å²) < 4.78 is 24.9. The minimum atomic E-state index is -3.22. The lowest BCUT2D eigenvalue weighted by Crippen LogP contribution is -2.27. The van der Waals surface area contributed by atoms with Crippen LogP contribution in [0.2, 0.25) is 0 Å². The standard InChI is InChI=1S/C8H11BrN2O2S/c1-7(11-14(12,13)6-9)8-2-4-10-5-3-8/h2-5,7,11H,6H2,1H3. The molecule has 78 valence electrons. The highest BCUT2D eigenvalue weighted by atomic mass is 79.9. The molecule has 1 N–H and O–H groups in total. The molecule has 0 aliphatic rings. The molecule has 1 heterocycles. The van der Waals surface area contributed by atoms with Crippen molar-refractivity contribution < 1.29 is 8.42 Å². The van der Waals surface area contributed by atoms with E-state index in [1.54, 1.807) is 31.5 Å². The Bertz CT molecular complexity index is 380. The predicted octanol–water partition coefficient (Wildman–Crippen LogP) is 1.41. The molecule has 0 amide bonds. The fraction of sp³-hybridized carbons (Fsp3) is 0.375. The number of rotatable bonds is 4. The molecule has 1 aromatic rings. The summed E-state index contributed by atoms with van der Waals surface area (Å²) in [5.74, 6) is 0. The van der Waals surface area contributed by atoms with Gasteiger partial charge in [0.25, 0.3) is 0 Å². The Morgan fingerprint density at radius 3 is 2.57 bits per heavy atom. The number of aromatic nitrogens is 1. The Morgan fingerprint density at radius 2 is 2.07 bits per heavy atom. The molecule has 4 nitrogen and oxygen atoms in total. The lowest BCUT2D eigenvalue weighted by Gasteiger charge is -2.12. The van der Waals surface area contributed by atoms with E-state index in [0.717, 1.165) is 5.56 Å². The maximum Gasteiger partial charge on any atom is 0.222 e. The minimum Gasteiger partial charge on any atom is -0.265 e. The van der Waals surface area contributed by atoms with Gasteiger partial charge < -0.3 is 0 Å². The average molecular weight is 279 g/mol. The van der Waals surface area contributed by atoms with Crippen molar-refractivity contribution in [2.45, 2.75) is 13.0 Å². The van der Waals surface area contributed by atoms with Gasteiger partial charge >= 0.3 is 0 Å². The van der Waals surface area contributed by atoms with E-state index in [9.17, 15) is 8.42 Å². The number of hydrogen-bond donors (Lipinski definition) is 1. The van der Waals surface area contributed by atoms with E-state index in [1.807, 2.05) is 0 Å². The Morgan fingerprint density at radius 1 is 1.50 bits per heavy atom. The zero-order valence-electron chi connectivity index (χ0n) is 7.64. The molecule has 0 saturated carbocycles. The molecule has 1 rings (SSSR count). The van der Waals surface area contributed by atoms with Crippen LogP contribution in [0.4, 0.5) is 0 Å². The zero-order chi connectivity index (χ0) is 10.6. The summed E-state index contributed by atoms with van der Waals surface area (Å²) in [4.78, 5) is 3.86. The molecule has 1 atom stereocenters. The van der Waals surface area contributed by atoms with Gasteiger partial charge in [0.1, 0.15) is 4.66 Å². The molecule has 0 aliphatic carbocycles. The molecule has 0 spiro atoms. The van der Waals surface area contributed by atoms with Gasteiger partial charge in [0.15, 0.2) is 0 Å². The molecule has 0 bridgehead atoms. The highest BCUT2D eigenvalue weighted by Gasteiger charge is 2.13. The summed E-state index contributed by atoms with van der Waals surface area (Å²) in [5.41, 5.74) is 0.893. The lowest BCUT2D eigenvalue weighted by atomic mass is 10.1. The van der Waals surface area contributed by atoms with Gasteiger partial charge in [-0.15, -0.1) is 0 Å². The molecule has 0 aliphatic heterocycles. The normalized spacial score (nSPS) is 13.9. The van der Waals surface area contributed by atoms with Gasteiger partial charge in [-0.05, 0) is 24.6 Å². The summed E-state index contributed by atoms with van der Waals surface area (Å²) in [7, 11) is -3.22. The first-order valence-corrected chi connectivity index (χ1v) is 6.78. The van der Waals surface area contributed by atoms with Crippen LogP contribution >= 0.6 is 15.9 Å². The van der Waals surface area contributed by atoms with Gasteiger partial charge in [-0.2, -0.15) is 0 Å². The fourth-order valence-electron chi connectivity index (χ4n) is 1.02. The second kappa shape index (κ2) is 4.86. The van der Waals surface area contributed by atoms with Crippen LogP contribution in [0, 0.1) is 0 Å². The molecule has 1 unspecified atom stereocenters. The van der Waals surface area contributed by atoms with Crippen LogP contribution in [-0.2, 0) is 10.0 Å². The van der Waals surface area contributed by atoms with Crippen molar-refractivity contribution in [1.29, 1.82) is 0 Å². The van der Waals surface area contributed by atoms with E-state index in [-0.39, 0.29) is 10.7 Å². The predicted molar refractivity (Wildman–Crippen MR) is 58.5 cm³/mol. The van der Waals surface area contributed by atoms with Crippen molar-refractivity contribution in [3.63, 3.8) is 0 Å². The largest absolute Gasteiger partial charge is 0.265 e. The molecule has 14 heavy (non-hydrogen) atoms. The summed E-state index contributed by atoms with van der Waals surface area (Å²) >= 11 is 2.91. The average Bonchev–Trinajstić information content (AvgIpc) is 2.19. The molecular formula is C8H11BrN2O2S. The number of pyridine rings is 1. The summed E-state index contributed by atoms with van der Waals surface area (Å²) in [6, 6.07) is 3.32. The van der Waals surface area contributed by atoms with Crippen LogP contribution in [-0.4, -0.2) is 18.1 Å². The summed E-state index contributed by atoms with van der Waals surface area (Å²) in [6.45, 7) is 1.79. The van der Waals surface area contributed by atoms with Gasteiger partial charge in [0.2, 0.25) is 10.0 Å². The topological polar surface area (TPSA) is 59.1 Å². The van der Waals surface area contributed by atoms with Crippen LogP contribution in [0.1, 0.15) is 18.5 Å². The Balaban J connectivity index is 2.74. The first kappa shape index (κ1) is 11.6. The van der Waals surface area contributed by atoms with E-state index in [0.29, 0.717) is 0 Å². The Hall–Kier alpha value is -0.460. The van der Waals surface area contributed by atoms with Crippen LogP contribution < -0.4 is 4.72 Å². The summed E-state index contributed by atoms with van der Waals surface area (Å²) in [5, 5.41) is 0. The number of hydrogen-bond acceptors (Lipinski definition) is 3. The molecule has 1 aromatic heterocycles. The second-order valence-corrected chi connectivity index (χ2v) is 5.90. The van der Waals surface area contributed by atoms with Crippen molar-refractivity contribution in [2.24, 2.45) is 0 Å². The van der Waals surface area contributed by atoms with Crippen molar-refractivity contribution in [3.05, 3.63) is 30.1 Å². The van der Waals surface area contributed by atoms with Crippen LogP contribution in [0.25, 0.3) is 0 Å². The number of nitrogens with one attached hydrogen (secondary N) is 1. The monoisotopic (exact) mass is 278 g/mol. The van der Waals surface area contributed by atoms with Gasteiger partial charge in [0.05, 0.1) is 0 Å². The van der Waals surface area contributed by atoms with Crippen molar-refractivity contribution in [3.8, 4) is 0 Å². The third kappa shape index (κ3) is 3.36. The van der Waals surface area contributed by atoms with E-state index in [2.05, 4.69) is 25.6 Å². The lowest BCUT2D eigenvalue weighted by molar-refractivity contribution is 0.572. The molecule has 6 heteroatoms. The quantitative estimate of drug-likeness (QED) is 0.848. The van der Waals surface area contributed by atoms with E-state index < -0.39 is 10.0 Å². The van der Waals surface area contributed by atoms with Crippen LogP contribution in [0.15, 0.2) is 24.5 Å². The number of alkyl halides is 1. The molecular weight excluding hydrogens is 268 g/mol. The maximum absolute atomic E-state index is 11.2. The Kier molecular flexibility index (Phi) is 4.03. The van der Waals surface area contributed by atoms with Gasteiger partial charge in [-0.3, -0.25) is 4.98 Å². The molecule has 0 saturated heterocycles.